The van der Waals surface area contributed by atoms with Crippen molar-refractivity contribution in [1.82, 2.24) is 34.8 Å². The first-order valence-electron chi connectivity index (χ1n) is 11.5. The van der Waals surface area contributed by atoms with Crippen LogP contribution in [0.5, 0.6) is 0 Å². The summed E-state index contributed by atoms with van der Waals surface area (Å²) in [5.41, 5.74) is 6.49. The van der Waals surface area contributed by atoms with E-state index in [1.54, 1.807) is 0 Å². The third-order valence-corrected chi connectivity index (χ3v) is 7.28. The zero-order valence-electron chi connectivity index (χ0n) is 19.9. The number of β-amino-alcohol motifs (C(OH)–C–C–N with tert-alkyl or cyclic N) is 1. The number of hydrogen-bond donors (Lipinski definition) is 2. The number of aromatic amines is 1. The van der Waals surface area contributed by atoms with E-state index < -0.39 is 11.5 Å². The molecule has 1 aliphatic rings. The first-order valence-corrected chi connectivity index (χ1v) is 11.5. The first kappa shape index (κ1) is 21.7. The fraction of sp³-hybridized carbons (Fsp3) is 0.440. The Kier molecular flexibility index (Phi) is 5.29. The molecule has 33 heavy (non-hydrogen) atoms. The summed E-state index contributed by atoms with van der Waals surface area (Å²) in [7, 11) is 1.95. The summed E-state index contributed by atoms with van der Waals surface area (Å²) in [6.07, 6.45) is 0.282. The van der Waals surface area contributed by atoms with Crippen molar-refractivity contribution in [2.24, 2.45) is 7.05 Å². The SMILES string of the molecule is Cc1nn(C)c(C)c1-c1cc([C@]2(C)CCN(Cc3nc(C)c4ccccc4n3)C[C@@H]2O)[nH]n1. The highest BCUT2D eigenvalue weighted by Gasteiger charge is 2.41. The average Bonchev–Trinajstić information content (AvgIpc) is 3.35. The number of fused-ring (bicyclic) bond motifs is 1. The average molecular weight is 446 g/mol. The minimum atomic E-state index is -0.530. The molecule has 1 aromatic carbocycles. The zero-order chi connectivity index (χ0) is 23.3. The monoisotopic (exact) mass is 445 g/mol. The molecule has 0 bridgehead atoms. The van der Waals surface area contributed by atoms with E-state index in [1.807, 2.05) is 43.8 Å². The van der Waals surface area contributed by atoms with Crippen LogP contribution in [0, 0.1) is 20.8 Å². The fourth-order valence-corrected chi connectivity index (χ4v) is 5.00. The summed E-state index contributed by atoms with van der Waals surface area (Å²) >= 11 is 0. The standard InChI is InChI=1S/C25H31N7O/c1-15-18-8-6-7-9-19(18)27-23(26-15)14-32-11-10-25(4,22(33)13-32)21-12-20(28-29-21)24-16(2)30-31(5)17(24)3/h6-9,12,22,33H,10-11,13-14H2,1-5H3,(H,28,29)/t22-,25-/m0/s1. The van der Waals surface area contributed by atoms with Gasteiger partial charge in [-0.3, -0.25) is 14.7 Å². The number of rotatable bonds is 4. The van der Waals surface area contributed by atoms with Crippen LogP contribution in [0.15, 0.2) is 30.3 Å². The lowest BCUT2D eigenvalue weighted by Crippen LogP contribution is -2.52. The molecule has 3 aromatic heterocycles. The van der Waals surface area contributed by atoms with Gasteiger partial charge in [0.2, 0.25) is 0 Å². The molecule has 0 amide bonds. The fourth-order valence-electron chi connectivity index (χ4n) is 5.00. The Balaban J connectivity index is 1.34. The summed E-state index contributed by atoms with van der Waals surface area (Å²) in [4.78, 5) is 11.7. The number of nitrogens with zero attached hydrogens (tertiary/aromatic N) is 6. The van der Waals surface area contributed by atoms with Gasteiger partial charge in [0.05, 0.1) is 29.6 Å². The molecule has 4 aromatic rings. The van der Waals surface area contributed by atoms with E-state index in [2.05, 4.69) is 46.2 Å². The number of nitrogens with one attached hydrogen (secondary N) is 1. The Morgan fingerprint density at radius 1 is 1.15 bits per heavy atom. The van der Waals surface area contributed by atoms with Crippen molar-refractivity contribution in [1.29, 1.82) is 0 Å². The molecule has 0 spiro atoms. The number of aliphatic hydroxyl groups excluding tert-OH is 1. The minimum absolute atomic E-state index is 0.397. The highest BCUT2D eigenvalue weighted by atomic mass is 16.3. The normalized spacial score (nSPS) is 21.7. The van der Waals surface area contributed by atoms with Crippen molar-refractivity contribution in [3.63, 3.8) is 0 Å². The van der Waals surface area contributed by atoms with Crippen LogP contribution >= 0.6 is 0 Å². The van der Waals surface area contributed by atoms with Gasteiger partial charge >= 0.3 is 0 Å². The molecule has 2 N–H and O–H groups in total. The van der Waals surface area contributed by atoms with E-state index >= 15 is 0 Å². The van der Waals surface area contributed by atoms with Crippen molar-refractivity contribution in [2.45, 2.75) is 52.2 Å². The molecule has 0 saturated carbocycles. The van der Waals surface area contributed by atoms with Gasteiger partial charge in [-0.2, -0.15) is 10.2 Å². The molecule has 8 heteroatoms. The van der Waals surface area contributed by atoms with E-state index in [-0.39, 0.29) is 0 Å². The van der Waals surface area contributed by atoms with Gasteiger partial charge in [-0.25, -0.2) is 9.97 Å². The van der Waals surface area contributed by atoms with E-state index in [1.165, 1.54) is 0 Å². The number of hydrogen-bond acceptors (Lipinski definition) is 6. The second kappa shape index (κ2) is 8.04. The number of benzene rings is 1. The predicted molar refractivity (Wildman–Crippen MR) is 128 cm³/mol. The molecule has 1 aliphatic heterocycles. The number of aromatic nitrogens is 6. The molecule has 4 heterocycles. The first-order chi connectivity index (χ1) is 15.8. The van der Waals surface area contributed by atoms with Crippen LogP contribution in [0.3, 0.4) is 0 Å². The zero-order valence-corrected chi connectivity index (χ0v) is 19.9. The predicted octanol–water partition coefficient (Wildman–Crippen LogP) is 3.20. The van der Waals surface area contributed by atoms with Gasteiger partial charge < -0.3 is 5.11 Å². The van der Waals surface area contributed by atoms with Gasteiger partial charge in [0, 0.05) is 47.0 Å². The van der Waals surface area contributed by atoms with Gasteiger partial charge in [-0.1, -0.05) is 25.1 Å². The minimum Gasteiger partial charge on any atom is -0.391 e. The van der Waals surface area contributed by atoms with Crippen molar-refractivity contribution in [2.75, 3.05) is 13.1 Å². The lowest BCUT2D eigenvalue weighted by molar-refractivity contribution is 0.00155. The molecular formula is C25H31N7O. The highest BCUT2D eigenvalue weighted by molar-refractivity contribution is 5.80. The quantitative estimate of drug-likeness (QED) is 0.501. The molecule has 1 saturated heterocycles. The Bertz CT molecular complexity index is 1320. The molecular weight excluding hydrogens is 414 g/mol. The van der Waals surface area contributed by atoms with Crippen molar-refractivity contribution < 1.29 is 5.11 Å². The van der Waals surface area contributed by atoms with Crippen molar-refractivity contribution in [3.05, 3.63) is 58.9 Å². The summed E-state index contributed by atoms with van der Waals surface area (Å²) in [5, 5.41) is 24.6. The van der Waals surface area contributed by atoms with Gasteiger partial charge in [0.15, 0.2) is 0 Å². The maximum absolute atomic E-state index is 11.2. The van der Waals surface area contributed by atoms with E-state index in [9.17, 15) is 5.11 Å². The molecule has 5 rings (SSSR count). The maximum Gasteiger partial charge on any atom is 0.143 e. The Hall–Kier alpha value is -3.10. The van der Waals surface area contributed by atoms with Crippen LogP contribution in [0.2, 0.25) is 0 Å². The third kappa shape index (κ3) is 3.73. The van der Waals surface area contributed by atoms with E-state index in [0.29, 0.717) is 13.1 Å². The molecule has 172 valence electrons. The Morgan fingerprint density at radius 3 is 2.67 bits per heavy atom. The van der Waals surface area contributed by atoms with Gasteiger partial charge in [-0.15, -0.1) is 0 Å². The summed E-state index contributed by atoms with van der Waals surface area (Å²) < 4.78 is 1.88. The highest BCUT2D eigenvalue weighted by Crippen LogP contribution is 2.37. The largest absolute Gasteiger partial charge is 0.391 e. The Morgan fingerprint density at radius 2 is 1.94 bits per heavy atom. The van der Waals surface area contributed by atoms with Gasteiger partial charge in [0.1, 0.15) is 5.82 Å². The molecule has 1 fully saturated rings. The van der Waals surface area contributed by atoms with Crippen molar-refractivity contribution in [3.8, 4) is 11.3 Å². The second-order valence-electron chi connectivity index (χ2n) is 9.50. The number of H-pyrrole nitrogens is 1. The van der Waals surface area contributed by atoms with Crippen LogP contribution in [-0.4, -0.2) is 59.1 Å². The number of likely N-dealkylation sites (tertiary alicyclic amines) is 1. The summed E-state index contributed by atoms with van der Waals surface area (Å²) in [6.45, 7) is 10.2. The molecule has 2 atom stereocenters. The molecule has 0 radical (unpaired) electrons. The molecule has 8 nitrogen and oxygen atoms in total. The van der Waals surface area contributed by atoms with Crippen LogP contribution in [0.25, 0.3) is 22.2 Å². The lowest BCUT2D eigenvalue weighted by atomic mass is 9.75. The lowest BCUT2D eigenvalue weighted by Gasteiger charge is -2.42. The smallest absolute Gasteiger partial charge is 0.143 e. The second-order valence-corrected chi connectivity index (χ2v) is 9.50. The maximum atomic E-state index is 11.2. The number of aliphatic hydroxyl groups is 1. The van der Waals surface area contributed by atoms with Crippen LogP contribution in [0.1, 0.15) is 41.9 Å². The molecule has 0 aliphatic carbocycles. The van der Waals surface area contributed by atoms with E-state index in [4.69, 9.17) is 9.97 Å². The number of aryl methyl sites for hydroxylation is 3. The molecule has 0 unspecified atom stereocenters. The van der Waals surface area contributed by atoms with Gasteiger partial charge in [0.25, 0.3) is 0 Å². The third-order valence-electron chi connectivity index (χ3n) is 7.28. The van der Waals surface area contributed by atoms with E-state index in [0.717, 1.165) is 63.7 Å². The summed E-state index contributed by atoms with van der Waals surface area (Å²) in [5.74, 6) is 0.799. The number of piperidine rings is 1. The van der Waals surface area contributed by atoms with Crippen LogP contribution in [-0.2, 0) is 19.0 Å². The number of para-hydroxylation sites is 1. The van der Waals surface area contributed by atoms with Crippen LogP contribution in [0.4, 0.5) is 0 Å². The topological polar surface area (TPSA) is 95.8 Å². The van der Waals surface area contributed by atoms with Crippen LogP contribution < -0.4 is 0 Å². The summed E-state index contributed by atoms with van der Waals surface area (Å²) in [6, 6.07) is 10.2. The van der Waals surface area contributed by atoms with Crippen molar-refractivity contribution >= 4 is 10.9 Å². The van der Waals surface area contributed by atoms with Gasteiger partial charge in [-0.05, 0) is 45.9 Å². The Labute approximate surface area is 193 Å².